The minimum Gasteiger partial charge on any atom is -0.289 e. The quantitative estimate of drug-likeness (QED) is 0.370. The number of rotatable bonds is 4. The third-order valence-corrected chi connectivity index (χ3v) is 6.78. The Kier molecular flexibility index (Phi) is 6.26. The van der Waals surface area contributed by atoms with Gasteiger partial charge in [0.1, 0.15) is 0 Å². The zero-order chi connectivity index (χ0) is 21.3. The highest BCUT2D eigenvalue weighted by Gasteiger charge is 2.31. The van der Waals surface area contributed by atoms with E-state index in [0.29, 0.717) is 25.7 Å². The molecule has 0 N–H and O–H groups in total. The first-order chi connectivity index (χ1) is 14.5. The Hall–Kier alpha value is -2.17. The summed E-state index contributed by atoms with van der Waals surface area (Å²) in [6.45, 7) is 0. The summed E-state index contributed by atoms with van der Waals surface area (Å²) in [6.07, 6.45) is 8.40. The van der Waals surface area contributed by atoms with Crippen molar-refractivity contribution in [1.82, 2.24) is 0 Å². The first kappa shape index (κ1) is 21.1. The molecule has 0 radical (unpaired) electrons. The molecule has 5 heteroatoms. The highest BCUT2D eigenvalue weighted by Crippen LogP contribution is 2.40. The van der Waals surface area contributed by atoms with E-state index in [-0.39, 0.29) is 34.1 Å². The van der Waals surface area contributed by atoms with E-state index in [2.05, 4.69) is 0 Å². The van der Waals surface area contributed by atoms with Gasteiger partial charge in [-0.25, -0.2) is 17.6 Å². The summed E-state index contributed by atoms with van der Waals surface area (Å²) in [7, 11) is 0. The maximum absolute atomic E-state index is 14.9. The van der Waals surface area contributed by atoms with E-state index in [9.17, 15) is 22.4 Å². The van der Waals surface area contributed by atoms with Crippen LogP contribution < -0.4 is 0 Å². The number of hydrogen-bond acceptors (Lipinski definition) is 1. The van der Waals surface area contributed by atoms with Crippen LogP contribution in [0.25, 0.3) is 0 Å². The Labute approximate surface area is 174 Å². The number of benzene rings is 2. The fourth-order valence-electron chi connectivity index (χ4n) is 5.25. The lowest BCUT2D eigenvalue weighted by Crippen LogP contribution is -2.18. The van der Waals surface area contributed by atoms with Gasteiger partial charge in [0, 0.05) is 22.3 Å². The van der Waals surface area contributed by atoms with Crippen molar-refractivity contribution in [3.8, 4) is 0 Å². The molecule has 0 heterocycles. The van der Waals surface area contributed by atoms with Gasteiger partial charge in [0.25, 0.3) is 0 Å². The van der Waals surface area contributed by atoms with Gasteiger partial charge in [-0.05, 0) is 61.8 Å². The topological polar surface area (TPSA) is 17.1 Å². The van der Waals surface area contributed by atoms with Crippen LogP contribution in [0.15, 0.2) is 24.3 Å². The van der Waals surface area contributed by atoms with Gasteiger partial charge in [0.05, 0.1) is 0 Å². The average molecular weight is 418 g/mol. The molecule has 0 aromatic heterocycles. The average Bonchev–Trinajstić information content (AvgIpc) is 2.78. The number of carbonyl (C=O) groups excluding carboxylic acids is 1. The van der Waals surface area contributed by atoms with Crippen LogP contribution in [0.3, 0.4) is 0 Å². The smallest absolute Gasteiger partial charge is 0.193 e. The van der Waals surface area contributed by atoms with E-state index in [4.69, 9.17) is 0 Å². The Bertz CT molecular complexity index is 865. The van der Waals surface area contributed by atoms with Gasteiger partial charge >= 0.3 is 0 Å². The van der Waals surface area contributed by atoms with Crippen LogP contribution in [0.5, 0.6) is 0 Å². The highest BCUT2D eigenvalue weighted by molar-refractivity contribution is 6.11. The summed E-state index contributed by atoms with van der Waals surface area (Å²) in [5, 5.41) is 0. The molecule has 0 atom stereocenters. The van der Waals surface area contributed by atoms with Gasteiger partial charge < -0.3 is 0 Å². The summed E-state index contributed by atoms with van der Waals surface area (Å²) < 4.78 is 57.9. The fraction of sp³-hybridized carbons (Fsp3) is 0.480. The second-order valence-corrected chi connectivity index (χ2v) is 8.64. The van der Waals surface area contributed by atoms with Gasteiger partial charge in [0.15, 0.2) is 29.1 Å². The zero-order valence-electron chi connectivity index (χ0n) is 17.0. The predicted molar refractivity (Wildman–Crippen MR) is 108 cm³/mol. The van der Waals surface area contributed by atoms with E-state index >= 15 is 0 Å². The second kappa shape index (κ2) is 8.91. The SMILES string of the molecule is O=C(c1ccc(F)c(F)c1C1CCCCC1)c1ccc(F)c(F)c1C1CCCCC1. The lowest BCUT2D eigenvalue weighted by atomic mass is 9.78. The minimum atomic E-state index is -0.991. The molecule has 4 rings (SSSR count). The molecule has 2 saturated carbocycles. The molecular formula is C25H26F4O. The van der Waals surface area contributed by atoms with Crippen LogP contribution in [0.4, 0.5) is 17.6 Å². The molecule has 0 spiro atoms. The van der Waals surface area contributed by atoms with Crippen LogP contribution in [-0.2, 0) is 0 Å². The molecule has 30 heavy (non-hydrogen) atoms. The minimum absolute atomic E-state index is 0.0730. The first-order valence-electron chi connectivity index (χ1n) is 11.0. The van der Waals surface area contributed by atoms with Crippen molar-refractivity contribution in [1.29, 1.82) is 0 Å². The van der Waals surface area contributed by atoms with Crippen LogP contribution in [-0.4, -0.2) is 5.78 Å². The highest BCUT2D eigenvalue weighted by atomic mass is 19.2. The van der Waals surface area contributed by atoms with Crippen LogP contribution in [0.1, 0.15) is 103 Å². The molecule has 0 saturated heterocycles. The molecule has 2 fully saturated rings. The predicted octanol–water partition coefficient (Wildman–Crippen LogP) is 7.57. The third kappa shape index (κ3) is 3.91. The normalized spacial score (nSPS) is 18.5. The van der Waals surface area contributed by atoms with E-state index in [1.165, 1.54) is 12.1 Å². The van der Waals surface area contributed by atoms with Gasteiger partial charge in [-0.2, -0.15) is 0 Å². The van der Waals surface area contributed by atoms with Crippen molar-refractivity contribution in [2.24, 2.45) is 0 Å². The summed E-state index contributed by atoms with van der Waals surface area (Å²) >= 11 is 0. The molecule has 160 valence electrons. The van der Waals surface area contributed by atoms with Crippen molar-refractivity contribution in [2.45, 2.75) is 76.0 Å². The van der Waals surface area contributed by atoms with E-state index in [1.54, 1.807) is 0 Å². The Morgan fingerprint density at radius 2 is 0.967 bits per heavy atom. The van der Waals surface area contributed by atoms with Crippen LogP contribution >= 0.6 is 0 Å². The lowest BCUT2D eigenvalue weighted by molar-refractivity contribution is 0.103. The fourth-order valence-corrected chi connectivity index (χ4v) is 5.25. The number of ketones is 1. The largest absolute Gasteiger partial charge is 0.289 e. The Morgan fingerprint density at radius 3 is 1.33 bits per heavy atom. The molecule has 2 aromatic rings. The molecule has 2 aromatic carbocycles. The molecular weight excluding hydrogens is 392 g/mol. The van der Waals surface area contributed by atoms with Crippen molar-refractivity contribution < 1.29 is 22.4 Å². The summed E-state index contributed by atoms with van der Waals surface area (Å²) in [5.74, 6) is -4.97. The Morgan fingerprint density at radius 1 is 0.600 bits per heavy atom. The van der Waals surface area contributed by atoms with Crippen LogP contribution in [0, 0.1) is 23.3 Å². The lowest BCUT2D eigenvalue weighted by Gasteiger charge is -2.27. The monoisotopic (exact) mass is 418 g/mol. The van der Waals surface area contributed by atoms with Gasteiger partial charge in [0.2, 0.25) is 0 Å². The maximum atomic E-state index is 14.9. The van der Waals surface area contributed by atoms with E-state index in [1.807, 2.05) is 0 Å². The zero-order valence-corrected chi connectivity index (χ0v) is 17.0. The standard InChI is InChI=1S/C25H26F4O/c26-19-13-11-17(21(23(19)28)15-7-3-1-4-8-15)25(30)18-12-14-20(27)24(29)22(18)16-9-5-2-6-10-16/h11-16H,1-10H2. The summed E-state index contributed by atoms with van der Waals surface area (Å²) in [5.41, 5.74) is 0.339. The van der Waals surface area contributed by atoms with Crippen molar-refractivity contribution >= 4 is 5.78 Å². The van der Waals surface area contributed by atoms with Crippen molar-refractivity contribution in [3.05, 3.63) is 69.8 Å². The van der Waals surface area contributed by atoms with Crippen molar-refractivity contribution in [3.63, 3.8) is 0 Å². The van der Waals surface area contributed by atoms with Gasteiger partial charge in [-0.3, -0.25) is 4.79 Å². The van der Waals surface area contributed by atoms with Gasteiger partial charge in [-0.15, -0.1) is 0 Å². The molecule has 0 aliphatic heterocycles. The summed E-state index contributed by atoms with van der Waals surface area (Å²) in [6, 6.07) is 4.51. The molecule has 0 bridgehead atoms. The van der Waals surface area contributed by atoms with E-state index in [0.717, 1.165) is 50.7 Å². The molecule has 2 aliphatic rings. The number of hydrogen-bond donors (Lipinski definition) is 0. The maximum Gasteiger partial charge on any atom is 0.193 e. The summed E-state index contributed by atoms with van der Waals surface area (Å²) in [4.78, 5) is 13.5. The van der Waals surface area contributed by atoms with Crippen LogP contribution in [0.2, 0.25) is 0 Å². The number of halogens is 4. The first-order valence-corrected chi connectivity index (χ1v) is 11.0. The molecule has 0 unspecified atom stereocenters. The second-order valence-electron chi connectivity index (χ2n) is 8.64. The molecule has 1 nitrogen and oxygen atoms in total. The molecule has 2 aliphatic carbocycles. The van der Waals surface area contributed by atoms with E-state index < -0.39 is 29.1 Å². The third-order valence-electron chi connectivity index (χ3n) is 6.78. The van der Waals surface area contributed by atoms with Crippen molar-refractivity contribution in [2.75, 3.05) is 0 Å². The Balaban J connectivity index is 1.82. The molecule has 0 amide bonds. The van der Waals surface area contributed by atoms with Gasteiger partial charge in [-0.1, -0.05) is 38.5 Å². The number of carbonyl (C=O) groups is 1.